The number of nitrogens with one attached hydrogen (secondary N) is 1. The Hall–Kier alpha value is -1.11. The third-order valence-corrected chi connectivity index (χ3v) is 6.01. The van der Waals surface area contributed by atoms with E-state index in [1.54, 1.807) is 11.3 Å². The lowest BCUT2D eigenvalue weighted by molar-refractivity contribution is -0.122. The first-order valence-electron chi connectivity index (χ1n) is 9.01. The molecule has 4 nitrogen and oxygen atoms in total. The standard InChI is InChI=1S/C20H27N3OS.2ClH/c1-15-9-11-23(12-10-15)17(18-8-5-13-25-18)14-22-20(24)19(21)16-6-3-2-4-7-16;;/h2-8,13,15,17,19H,9-12,14,21H2,1H3,(H,22,24);2*1H. The molecule has 2 aromatic rings. The van der Waals surface area contributed by atoms with Crippen molar-refractivity contribution in [3.05, 3.63) is 58.3 Å². The molecule has 1 aliphatic rings. The lowest BCUT2D eigenvalue weighted by Gasteiger charge is -2.36. The van der Waals surface area contributed by atoms with Crippen LogP contribution in [0.5, 0.6) is 0 Å². The average Bonchev–Trinajstić information content (AvgIpc) is 3.17. The number of thiophene rings is 1. The van der Waals surface area contributed by atoms with E-state index >= 15 is 0 Å². The van der Waals surface area contributed by atoms with E-state index in [9.17, 15) is 4.79 Å². The maximum Gasteiger partial charge on any atom is 0.241 e. The molecule has 0 bridgehead atoms. The minimum atomic E-state index is -0.619. The molecular weight excluding hydrogens is 401 g/mol. The third-order valence-electron chi connectivity index (χ3n) is 5.04. The summed E-state index contributed by atoms with van der Waals surface area (Å²) in [6, 6.07) is 13.4. The Morgan fingerprint density at radius 1 is 1.19 bits per heavy atom. The van der Waals surface area contributed by atoms with Crippen LogP contribution in [0.4, 0.5) is 0 Å². The first kappa shape index (κ1) is 23.9. The van der Waals surface area contributed by atoms with Gasteiger partial charge in [0.15, 0.2) is 0 Å². The van der Waals surface area contributed by atoms with Crippen LogP contribution in [0, 0.1) is 5.92 Å². The molecule has 1 aromatic carbocycles. The topological polar surface area (TPSA) is 58.4 Å². The van der Waals surface area contributed by atoms with Gasteiger partial charge in [-0.2, -0.15) is 0 Å². The smallest absolute Gasteiger partial charge is 0.241 e. The summed E-state index contributed by atoms with van der Waals surface area (Å²) >= 11 is 1.76. The molecule has 1 aromatic heterocycles. The first-order chi connectivity index (χ1) is 12.1. The molecule has 2 heterocycles. The number of nitrogens with two attached hydrogens (primary N) is 1. The predicted octanol–water partition coefficient (Wildman–Crippen LogP) is 4.18. The van der Waals surface area contributed by atoms with E-state index in [-0.39, 0.29) is 36.8 Å². The molecule has 1 fully saturated rings. The molecule has 0 saturated carbocycles. The Morgan fingerprint density at radius 3 is 2.44 bits per heavy atom. The molecule has 1 aliphatic heterocycles. The summed E-state index contributed by atoms with van der Waals surface area (Å²) in [5.74, 6) is 0.680. The second kappa shape index (κ2) is 11.7. The lowest BCUT2D eigenvalue weighted by Crippen LogP contribution is -2.43. The van der Waals surface area contributed by atoms with Crippen LogP contribution in [0.25, 0.3) is 0 Å². The molecule has 3 N–H and O–H groups in total. The molecule has 27 heavy (non-hydrogen) atoms. The van der Waals surface area contributed by atoms with E-state index < -0.39 is 6.04 Å². The van der Waals surface area contributed by atoms with Gasteiger partial charge in [0.25, 0.3) is 0 Å². The Bertz CT molecular complexity index is 661. The summed E-state index contributed by atoms with van der Waals surface area (Å²) in [5, 5.41) is 5.18. The molecule has 3 rings (SSSR count). The van der Waals surface area contributed by atoms with Crippen molar-refractivity contribution >= 4 is 42.1 Å². The zero-order valence-electron chi connectivity index (χ0n) is 15.5. The van der Waals surface area contributed by atoms with Crippen molar-refractivity contribution in [1.29, 1.82) is 0 Å². The highest BCUT2D eigenvalue weighted by Crippen LogP contribution is 2.29. The van der Waals surface area contributed by atoms with Crippen LogP contribution in [0.3, 0.4) is 0 Å². The van der Waals surface area contributed by atoms with Crippen molar-refractivity contribution < 1.29 is 4.79 Å². The summed E-state index contributed by atoms with van der Waals surface area (Å²) in [6.45, 7) is 5.10. The molecule has 1 saturated heterocycles. The van der Waals surface area contributed by atoms with Crippen LogP contribution < -0.4 is 11.1 Å². The van der Waals surface area contributed by atoms with Crippen LogP contribution in [0.15, 0.2) is 47.8 Å². The molecule has 1 amide bonds. The molecule has 2 unspecified atom stereocenters. The summed E-state index contributed by atoms with van der Waals surface area (Å²) in [7, 11) is 0. The Kier molecular flexibility index (Phi) is 10.3. The number of piperidine rings is 1. The lowest BCUT2D eigenvalue weighted by atomic mass is 9.97. The van der Waals surface area contributed by atoms with Gasteiger partial charge in [-0.05, 0) is 48.9 Å². The van der Waals surface area contributed by atoms with E-state index in [1.807, 2.05) is 30.3 Å². The highest BCUT2D eigenvalue weighted by Gasteiger charge is 2.26. The van der Waals surface area contributed by atoms with Crippen LogP contribution in [0.1, 0.15) is 42.3 Å². The summed E-state index contributed by atoms with van der Waals surface area (Å²) in [6.07, 6.45) is 2.44. The van der Waals surface area contributed by atoms with Crippen LogP contribution in [-0.4, -0.2) is 30.4 Å². The van der Waals surface area contributed by atoms with Crippen LogP contribution in [0.2, 0.25) is 0 Å². The van der Waals surface area contributed by atoms with Crippen molar-refractivity contribution in [2.75, 3.05) is 19.6 Å². The van der Waals surface area contributed by atoms with Gasteiger partial charge in [-0.1, -0.05) is 43.3 Å². The highest BCUT2D eigenvalue weighted by atomic mass is 35.5. The maximum absolute atomic E-state index is 12.5. The van der Waals surface area contributed by atoms with Crippen molar-refractivity contribution in [1.82, 2.24) is 10.2 Å². The molecular formula is C20H29Cl2N3OS. The van der Waals surface area contributed by atoms with Gasteiger partial charge in [-0.3, -0.25) is 9.69 Å². The van der Waals surface area contributed by atoms with E-state index in [0.717, 1.165) is 24.6 Å². The van der Waals surface area contributed by atoms with Gasteiger partial charge in [-0.25, -0.2) is 0 Å². The first-order valence-corrected chi connectivity index (χ1v) is 9.89. The van der Waals surface area contributed by atoms with Crippen LogP contribution in [-0.2, 0) is 4.79 Å². The predicted molar refractivity (Wildman–Crippen MR) is 118 cm³/mol. The molecule has 0 radical (unpaired) electrons. The van der Waals surface area contributed by atoms with Gasteiger partial charge in [-0.15, -0.1) is 36.2 Å². The maximum atomic E-state index is 12.5. The fourth-order valence-electron chi connectivity index (χ4n) is 3.35. The second-order valence-electron chi connectivity index (χ2n) is 6.88. The number of carbonyl (C=O) groups is 1. The number of benzene rings is 1. The van der Waals surface area contributed by atoms with Gasteiger partial charge < -0.3 is 11.1 Å². The van der Waals surface area contributed by atoms with Crippen LogP contribution >= 0.6 is 36.2 Å². The number of likely N-dealkylation sites (tertiary alicyclic amines) is 1. The molecule has 7 heteroatoms. The normalized spacial score (nSPS) is 17.3. The summed E-state index contributed by atoms with van der Waals surface area (Å²) < 4.78 is 0. The molecule has 150 valence electrons. The van der Waals surface area contributed by atoms with Crippen molar-refractivity contribution in [3.63, 3.8) is 0 Å². The Morgan fingerprint density at radius 2 is 1.85 bits per heavy atom. The number of hydrogen-bond donors (Lipinski definition) is 2. The fourth-order valence-corrected chi connectivity index (χ4v) is 4.21. The number of hydrogen-bond acceptors (Lipinski definition) is 4. The number of carbonyl (C=O) groups excluding carboxylic acids is 1. The number of nitrogens with zero attached hydrogens (tertiary/aromatic N) is 1. The Labute approximate surface area is 178 Å². The van der Waals surface area contributed by atoms with E-state index in [2.05, 4.69) is 34.7 Å². The molecule has 0 aliphatic carbocycles. The van der Waals surface area contributed by atoms with E-state index in [4.69, 9.17) is 5.73 Å². The largest absolute Gasteiger partial charge is 0.352 e. The third kappa shape index (κ3) is 6.47. The monoisotopic (exact) mass is 429 g/mol. The quantitative estimate of drug-likeness (QED) is 0.723. The molecule has 2 atom stereocenters. The van der Waals surface area contributed by atoms with E-state index in [0.29, 0.717) is 6.54 Å². The van der Waals surface area contributed by atoms with Gasteiger partial charge in [0, 0.05) is 11.4 Å². The summed E-state index contributed by atoms with van der Waals surface area (Å²) in [5.41, 5.74) is 6.96. The van der Waals surface area contributed by atoms with E-state index in [1.165, 1.54) is 17.7 Å². The van der Waals surface area contributed by atoms with Crippen molar-refractivity contribution in [3.8, 4) is 0 Å². The summed E-state index contributed by atoms with van der Waals surface area (Å²) in [4.78, 5) is 16.3. The van der Waals surface area contributed by atoms with Gasteiger partial charge >= 0.3 is 0 Å². The Balaban J connectivity index is 0.00000182. The number of halogens is 2. The minimum Gasteiger partial charge on any atom is -0.352 e. The average molecular weight is 430 g/mol. The minimum absolute atomic E-state index is 0. The zero-order chi connectivity index (χ0) is 17.6. The SMILES string of the molecule is CC1CCN(C(CNC(=O)C(N)c2ccccc2)c2cccs2)CC1.Cl.Cl. The highest BCUT2D eigenvalue weighted by molar-refractivity contribution is 7.10. The van der Waals surface area contributed by atoms with Gasteiger partial charge in [0.05, 0.1) is 6.04 Å². The fraction of sp³-hybridized carbons (Fsp3) is 0.450. The number of amides is 1. The number of rotatable bonds is 6. The second-order valence-corrected chi connectivity index (χ2v) is 7.86. The van der Waals surface area contributed by atoms with Crippen molar-refractivity contribution in [2.45, 2.75) is 31.8 Å². The van der Waals surface area contributed by atoms with Crippen molar-refractivity contribution in [2.24, 2.45) is 11.7 Å². The zero-order valence-corrected chi connectivity index (χ0v) is 18.0. The van der Waals surface area contributed by atoms with Gasteiger partial charge in [0.1, 0.15) is 6.04 Å². The van der Waals surface area contributed by atoms with Gasteiger partial charge in [0.2, 0.25) is 5.91 Å². The molecule has 0 spiro atoms.